The number of nitrogen functional groups attached to an aromatic ring is 1. The maximum Gasteiger partial charge on any atom is 0.341 e. The Morgan fingerprint density at radius 3 is 2.83 bits per heavy atom. The van der Waals surface area contributed by atoms with Crippen LogP contribution in [0.15, 0.2) is 29.6 Å². The zero-order valence-corrected chi connectivity index (χ0v) is 9.97. The molecule has 2 N–H and O–H groups in total. The minimum absolute atomic E-state index is 0.0202. The van der Waals surface area contributed by atoms with Crippen molar-refractivity contribution in [2.24, 2.45) is 0 Å². The van der Waals surface area contributed by atoms with Crippen LogP contribution in [0.4, 0.5) is 14.5 Å². The predicted molar refractivity (Wildman–Crippen MR) is 64.2 cm³/mol. The number of hydrogen-bond acceptors (Lipinski definition) is 4. The number of esters is 1. The first-order chi connectivity index (χ1) is 8.58. The molecule has 0 aliphatic heterocycles. The first-order valence-electron chi connectivity index (χ1n) is 5.02. The van der Waals surface area contributed by atoms with Gasteiger partial charge < -0.3 is 10.5 Å². The Kier molecular flexibility index (Phi) is 3.57. The largest absolute Gasteiger partial charge is 0.456 e. The third-order valence-corrected chi connectivity index (χ3v) is 3.06. The molecule has 1 aromatic carbocycles. The van der Waals surface area contributed by atoms with Crippen LogP contribution in [0, 0.1) is 11.6 Å². The number of rotatable bonds is 3. The van der Waals surface area contributed by atoms with Gasteiger partial charge in [-0.25, -0.2) is 13.6 Å². The van der Waals surface area contributed by atoms with E-state index in [1.54, 1.807) is 12.1 Å². The molecule has 94 valence electrons. The number of carbonyl (C=O) groups excluding carboxylic acids is 1. The average Bonchev–Trinajstić information content (AvgIpc) is 2.83. The number of nitrogens with two attached hydrogens (primary N) is 1. The molecule has 6 heteroatoms. The molecule has 0 aliphatic rings. The van der Waals surface area contributed by atoms with Gasteiger partial charge in [0.25, 0.3) is 0 Å². The second-order valence-corrected chi connectivity index (χ2v) is 4.54. The van der Waals surface area contributed by atoms with Crippen molar-refractivity contribution in [1.29, 1.82) is 0 Å². The first-order valence-corrected chi connectivity index (χ1v) is 5.90. The van der Waals surface area contributed by atoms with Crippen molar-refractivity contribution >= 4 is 23.0 Å². The lowest BCUT2D eigenvalue weighted by atomic mass is 10.2. The fourth-order valence-corrected chi connectivity index (χ4v) is 1.98. The molecule has 0 atom stereocenters. The SMILES string of the molecule is Nc1cc(F)cc(C(=O)OCc2cccs2)c1F. The van der Waals surface area contributed by atoms with E-state index in [0.29, 0.717) is 0 Å². The summed E-state index contributed by atoms with van der Waals surface area (Å²) in [6, 6.07) is 5.15. The summed E-state index contributed by atoms with van der Waals surface area (Å²) >= 11 is 1.40. The highest BCUT2D eigenvalue weighted by atomic mass is 32.1. The van der Waals surface area contributed by atoms with E-state index in [0.717, 1.165) is 17.0 Å². The van der Waals surface area contributed by atoms with Crippen LogP contribution >= 0.6 is 11.3 Å². The summed E-state index contributed by atoms with van der Waals surface area (Å²) in [5, 5.41) is 1.82. The molecule has 0 spiro atoms. The maximum absolute atomic E-state index is 13.5. The van der Waals surface area contributed by atoms with Crippen LogP contribution in [-0.4, -0.2) is 5.97 Å². The maximum atomic E-state index is 13.5. The van der Waals surface area contributed by atoms with E-state index in [4.69, 9.17) is 10.5 Å². The summed E-state index contributed by atoms with van der Waals surface area (Å²) in [5.41, 5.74) is 4.31. The van der Waals surface area contributed by atoms with Gasteiger partial charge in [0, 0.05) is 4.88 Å². The Morgan fingerprint density at radius 1 is 1.39 bits per heavy atom. The lowest BCUT2D eigenvalue weighted by Gasteiger charge is -2.06. The highest BCUT2D eigenvalue weighted by Gasteiger charge is 2.17. The number of carbonyl (C=O) groups is 1. The van der Waals surface area contributed by atoms with Gasteiger partial charge in [-0.15, -0.1) is 11.3 Å². The molecule has 0 unspecified atom stereocenters. The Bertz CT molecular complexity index is 570. The van der Waals surface area contributed by atoms with Gasteiger partial charge in [0.2, 0.25) is 0 Å². The van der Waals surface area contributed by atoms with Gasteiger partial charge in [-0.05, 0) is 23.6 Å². The monoisotopic (exact) mass is 269 g/mol. The molecule has 0 aliphatic carbocycles. The third kappa shape index (κ3) is 2.65. The van der Waals surface area contributed by atoms with Gasteiger partial charge in [-0.2, -0.15) is 0 Å². The number of ether oxygens (including phenoxy) is 1. The molecule has 3 nitrogen and oxygen atoms in total. The average molecular weight is 269 g/mol. The summed E-state index contributed by atoms with van der Waals surface area (Å²) in [5.74, 6) is -2.68. The van der Waals surface area contributed by atoms with E-state index in [1.807, 2.05) is 5.38 Å². The smallest absolute Gasteiger partial charge is 0.341 e. The Morgan fingerprint density at radius 2 is 2.17 bits per heavy atom. The lowest BCUT2D eigenvalue weighted by Crippen LogP contribution is -2.09. The minimum atomic E-state index is -0.965. The molecule has 0 radical (unpaired) electrons. The molecule has 0 amide bonds. The Balaban J connectivity index is 2.14. The van der Waals surface area contributed by atoms with Crippen LogP contribution < -0.4 is 5.73 Å². The summed E-state index contributed by atoms with van der Waals surface area (Å²) < 4.78 is 31.4. The van der Waals surface area contributed by atoms with E-state index in [1.165, 1.54) is 11.3 Å². The third-order valence-electron chi connectivity index (χ3n) is 2.21. The minimum Gasteiger partial charge on any atom is -0.456 e. The summed E-state index contributed by atoms with van der Waals surface area (Å²) in [6.45, 7) is 0.0202. The van der Waals surface area contributed by atoms with Gasteiger partial charge >= 0.3 is 5.97 Å². The molecule has 1 aromatic heterocycles. The van der Waals surface area contributed by atoms with Crippen LogP contribution in [-0.2, 0) is 11.3 Å². The van der Waals surface area contributed by atoms with E-state index in [-0.39, 0.29) is 6.61 Å². The molecule has 18 heavy (non-hydrogen) atoms. The van der Waals surface area contributed by atoms with Crippen molar-refractivity contribution in [3.8, 4) is 0 Å². The van der Waals surface area contributed by atoms with Crippen molar-refractivity contribution in [1.82, 2.24) is 0 Å². The van der Waals surface area contributed by atoms with E-state index < -0.39 is 28.9 Å². The second kappa shape index (κ2) is 5.14. The van der Waals surface area contributed by atoms with Crippen molar-refractivity contribution in [2.45, 2.75) is 6.61 Å². The van der Waals surface area contributed by atoms with Crippen molar-refractivity contribution in [2.75, 3.05) is 5.73 Å². The number of hydrogen-bond donors (Lipinski definition) is 1. The molecular weight excluding hydrogens is 260 g/mol. The van der Waals surface area contributed by atoms with Gasteiger partial charge in [-0.3, -0.25) is 0 Å². The molecular formula is C12H9F2NO2S. The highest BCUT2D eigenvalue weighted by Crippen LogP contribution is 2.19. The van der Waals surface area contributed by atoms with Gasteiger partial charge in [-0.1, -0.05) is 6.07 Å². The van der Waals surface area contributed by atoms with Crippen LogP contribution in [0.5, 0.6) is 0 Å². The number of halogens is 2. The topological polar surface area (TPSA) is 52.3 Å². The lowest BCUT2D eigenvalue weighted by molar-refractivity contribution is 0.0471. The number of benzene rings is 1. The van der Waals surface area contributed by atoms with Crippen LogP contribution in [0.3, 0.4) is 0 Å². The van der Waals surface area contributed by atoms with Crippen LogP contribution in [0.2, 0.25) is 0 Å². The molecule has 0 bridgehead atoms. The molecule has 0 saturated carbocycles. The number of thiophene rings is 1. The van der Waals surface area contributed by atoms with E-state index in [9.17, 15) is 13.6 Å². The van der Waals surface area contributed by atoms with E-state index in [2.05, 4.69) is 0 Å². The van der Waals surface area contributed by atoms with Gasteiger partial charge in [0.1, 0.15) is 18.0 Å². The van der Waals surface area contributed by atoms with Crippen LogP contribution in [0.25, 0.3) is 0 Å². The first kappa shape index (κ1) is 12.5. The molecule has 0 saturated heterocycles. The zero-order valence-electron chi connectivity index (χ0n) is 9.15. The highest BCUT2D eigenvalue weighted by molar-refractivity contribution is 7.09. The zero-order chi connectivity index (χ0) is 13.1. The van der Waals surface area contributed by atoms with Crippen molar-refractivity contribution in [3.63, 3.8) is 0 Å². The second-order valence-electron chi connectivity index (χ2n) is 3.51. The summed E-state index contributed by atoms with van der Waals surface area (Å²) in [7, 11) is 0. The Labute approximate surface area is 106 Å². The standard InChI is InChI=1S/C12H9F2NO2S/c13-7-4-9(11(14)10(15)5-7)12(16)17-6-8-2-1-3-18-8/h1-5H,6,15H2. The molecule has 0 fully saturated rings. The molecule has 2 rings (SSSR count). The number of anilines is 1. The fourth-order valence-electron chi connectivity index (χ4n) is 1.37. The van der Waals surface area contributed by atoms with Crippen LogP contribution in [0.1, 0.15) is 15.2 Å². The quantitative estimate of drug-likeness (QED) is 0.688. The van der Waals surface area contributed by atoms with Gasteiger partial charge in [0.15, 0.2) is 5.82 Å². The van der Waals surface area contributed by atoms with Gasteiger partial charge in [0.05, 0.1) is 5.69 Å². The Hall–Kier alpha value is -1.95. The molecule has 2 aromatic rings. The fraction of sp³-hybridized carbons (Fsp3) is 0.0833. The van der Waals surface area contributed by atoms with Crippen molar-refractivity contribution < 1.29 is 18.3 Å². The van der Waals surface area contributed by atoms with E-state index >= 15 is 0 Å². The van der Waals surface area contributed by atoms with Crippen molar-refractivity contribution in [3.05, 3.63) is 51.7 Å². The summed E-state index contributed by atoms with van der Waals surface area (Å²) in [4.78, 5) is 12.4. The molecule has 1 heterocycles. The normalized spacial score (nSPS) is 10.3. The summed E-state index contributed by atoms with van der Waals surface area (Å²) in [6.07, 6.45) is 0. The predicted octanol–water partition coefficient (Wildman–Crippen LogP) is 2.97.